The maximum absolute atomic E-state index is 10.4. The van der Waals surface area contributed by atoms with E-state index in [2.05, 4.69) is 12.2 Å². The Morgan fingerprint density at radius 1 is 1.27 bits per heavy atom. The van der Waals surface area contributed by atoms with Crippen LogP contribution in [-0.4, -0.2) is 34.5 Å². The number of hydrogen-bond donors (Lipinski definition) is 2. The van der Waals surface area contributed by atoms with Gasteiger partial charge in [0.15, 0.2) is 0 Å². The van der Waals surface area contributed by atoms with Gasteiger partial charge in [-0.3, -0.25) is 4.79 Å². The molecule has 2 N–H and O–H groups in total. The van der Waals surface area contributed by atoms with Gasteiger partial charge in [0, 0.05) is 12.3 Å². The molecule has 0 amide bonds. The van der Waals surface area contributed by atoms with E-state index in [4.69, 9.17) is 9.84 Å². The van der Waals surface area contributed by atoms with E-state index in [0.717, 1.165) is 51.4 Å². The number of epoxide rings is 1. The van der Waals surface area contributed by atoms with Crippen LogP contribution in [0.15, 0.2) is 12.2 Å². The van der Waals surface area contributed by atoms with Crippen molar-refractivity contribution in [2.24, 2.45) is 11.8 Å². The first-order valence-electron chi connectivity index (χ1n) is 8.85. The lowest BCUT2D eigenvalue weighted by Gasteiger charge is -2.23. The predicted molar refractivity (Wildman–Crippen MR) is 85.7 cm³/mol. The molecule has 0 spiro atoms. The summed E-state index contributed by atoms with van der Waals surface area (Å²) in [7, 11) is 0. The van der Waals surface area contributed by atoms with E-state index in [1.165, 1.54) is 0 Å². The third kappa shape index (κ3) is 5.10. The second-order valence-corrected chi connectivity index (χ2v) is 6.72. The molecule has 1 heterocycles. The van der Waals surface area contributed by atoms with Gasteiger partial charge in [0.25, 0.3) is 0 Å². The van der Waals surface area contributed by atoms with Gasteiger partial charge in [0.2, 0.25) is 0 Å². The summed E-state index contributed by atoms with van der Waals surface area (Å²) in [5.41, 5.74) is 0. The molecule has 1 aliphatic heterocycles. The molecule has 4 nitrogen and oxygen atoms in total. The van der Waals surface area contributed by atoms with Crippen molar-refractivity contribution in [1.29, 1.82) is 0 Å². The summed E-state index contributed by atoms with van der Waals surface area (Å²) in [5.74, 6) is 0.0838. The number of aliphatic hydroxyl groups is 1. The number of carboxylic acids is 1. The molecule has 2 aliphatic rings. The Morgan fingerprint density at radius 3 is 2.73 bits per heavy atom. The summed E-state index contributed by atoms with van der Waals surface area (Å²) in [5, 5.41) is 18.7. The number of aliphatic carboxylic acids is 1. The lowest BCUT2D eigenvalue weighted by atomic mass is 9.88. The molecular formula is C18H30O4. The van der Waals surface area contributed by atoms with Gasteiger partial charge in [-0.25, -0.2) is 0 Å². The number of carbonyl (C=O) groups is 1. The summed E-state index contributed by atoms with van der Waals surface area (Å²) < 4.78 is 5.62. The topological polar surface area (TPSA) is 70.1 Å². The van der Waals surface area contributed by atoms with Gasteiger partial charge in [-0.15, -0.1) is 0 Å². The van der Waals surface area contributed by atoms with Crippen LogP contribution in [-0.2, 0) is 9.53 Å². The normalized spacial score (nSPS) is 31.4. The number of unbranched alkanes of at least 4 members (excludes halogenated alkanes) is 5. The second kappa shape index (κ2) is 8.68. The van der Waals surface area contributed by atoms with Gasteiger partial charge in [-0.1, -0.05) is 38.3 Å². The van der Waals surface area contributed by atoms with Crippen LogP contribution < -0.4 is 0 Å². The quantitative estimate of drug-likeness (QED) is 0.348. The fourth-order valence-corrected chi connectivity index (χ4v) is 3.64. The molecule has 0 unspecified atom stereocenters. The minimum Gasteiger partial charge on any atom is -0.481 e. The Balaban J connectivity index is 1.56. The van der Waals surface area contributed by atoms with Gasteiger partial charge in [0.05, 0.1) is 18.3 Å². The van der Waals surface area contributed by atoms with Crippen molar-refractivity contribution in [1.82, 2.24) is 0 Å². The van der Waals surface area contributed by atoms with Crippen molar-refractivity contribution in [3.8, 4) is 0 Å². The highest BCUT2D eigenvalue weighted by Gasteiger charge is 2.55. The second-order valence-electron chi connectivity index (χ2n) is 6.72. The number of fused-ring (bicyclic) bond motifs is 1. The fourth-order valence-electron chi connectivity index (χ4n) is 3.64. The van der Waals surface area contributed by atoms with Crippen molar-refractivity contribution in [2.75, 3.05) is 0 Å². The first-order chi connectivity index (χ1) is 10.6. The van der Waals surface area contributed by atoms with E-state index < -0.39 is 5.97 Å². The van der Waals surface area contributed by atoms with E-state index in [9.17, 15) is 9.90 Å². The van der Waals surface area contributed by atoms with Gasteiger partial charge in [0.1, 0.15) is 0 Å². The SMILES string of the molecule is CC[C@H](O)[C@@H]1C[C@@H]2O[C@@H]2[C@H]1/C=C\CCCCCCCC(=O)O. The average molecular weight is 310 g/mol. The monoisotopic (exact) mass is 310 g/mol. The minimum atomic E-state index is -0.691. The molecule has 2 fully saturated rings. The summed E-state index contributed by atoms with van der Waals surface area (Å²) in [6, 6.07) is 0. The maximum atomic E-state index is 10.4. The molecule has 126 valence electrons. The van der Waals surface area contributed by atoms with E-state index in [1.807, 2.05) is 6.92 Å². The summed E-state index contributed by atoms with van der Waals surface area (Å²) in [6.45, 7) is 2.04. The first-order valence-corrected chi connectivity index (χ1v) is 8.85. The van der Waals surface area contributed by atoms with Gasteiger partial charge < -0.3 is 14.9 Å². The third-order valence-electron chi connectivity index (χ3n) is 5.03. The smallest absolute Gasteiger partial charge is 0.303 e. The zero-order valence-electron chi connectivity index (χ0n) is 13.6. The summed E-state index contributed by atoms with van der Waals surface area (Å²) >= 11 is 0. The number of allylic oxidation sites excluding steroid dienone is 1. The van der Waals surface area contributed by atoms with E-state index >= 15 is 0 Å². The Kier molecular flexibility index (Phi) is 6.90. The van der Waals surface area contributed by atoms with Crippen LogP contribution in [0.3, 0.4) is 0 Å². The Morgan fingerprint density at radius 2 is 2.00 bits per heavy atom. The van der Waals surface area contributed by atoms with Crippen molar-refractivity contribution < 1.29 is 19.7 Å². The zero-order valence-corrected chi connectivity index (χ0v) is 13.6. The molecule has 1 saturated carbocycles. The Hall–Kier alpha value is -0.870. The number of aliphatic hydroxyl groups excluding tert-OH is 1. The van der Waals surface area contributed by atoms with Crippen molar-refractivity contribution in [3.63, 3.8) is 0 Å². The third-order valence-corrected chi connectivity index (χ3v) is 5.03. The minimum absolute atomic E-state index is 0.194. The van der Waals surface area contributed by atoms with Crippen LogP contribution in [0.1, 0.15) is 64.7 Å². The van der Waals surface area contributed by atoms with Crippen molar-refractivity contribution in [3.05, 3.63) is 12.2 Å². The summed E-state index contributed by atoms with van der Waals surface area (Å²) in [4.78, 5) is 10.4. The molecule has 0 aromatic heterocycles. The Bertz CT molecular complexity index is 379. The molecule has 0 aromatic rings. The van der Waals surface area contributed by atoms with E-state index in [-0.39, 0.29) is 6.10 Å². The number of carboxylic acid groups (broad SMARTS) is 1. The lowest BCUT2D eigenvalue weighted by molar-refractivity contribution is -0.137. The predicted octanol–water partition coefficient (Wildman–Crippen LogP) is 3.53. The number of hydrogen-bond acceptors (Lipinski definition) is 3. The van der Waals surface area contributed by atoms with Crippen LogP contribution >= 0.6 is 0 Å². The van der Waals surface area contributed by atoms with Crippen LogP contribution in [0.5, 0.6) is 0 Å². The fraction of sp³-hybridized carbons (Fsp3) is 0.833. The lowest BCUT2D eigenvalue weighted by Crippen LogP contribution is -2.26. The number of ether oxygens (including phenoxy) is 1. The zero-order chi connectivity index (χ0) is 15.9. The van der Waals surface area contributed by atoms with Crippen molar-refractivity contribution >= 4 is 5.97 Å². The van der Waals surface area contributed by atoms with Gasteiger partial charge >= 0.3 is 5.97 Å². The molecule has 1 aliphatic carbocycles. The molecule has 1 saturated heterocycles. The standard InChI is InChI=1S/C18H30O4/c1-2-15(19)14-12-16-18(22-16)13(14)10-8-6-4-3-5-7-9-11-17(20)21/h8,10,13-16,18-19H,2-7,9,11-12H2,1H3,(H,20,21)/b10-8-/t13-,14+,15-,16-,18+/m0/s1. The largest absolute Gasteiger partial charge is 0.481 e. The van der Waals surface area contributed by atoms with Crippen LogP contribution in [0.2, 0.25) is 0 Å². The molecule has 22 heavy (non-hydrogen) atoms. The Labute approximate surface area is 133 Å². The molecule has 0 aromatic carbocycles. The maximum Gasteiger partial charge on any atom is 0.303 e. The van der Waals surface area contributed by atoms with Gasteiger partial charge in [-0.2, -0.15) is 0 Å². The first kappa shape index (κ1) is 17.5. The molecule has 4 heteroatoms. The van der Waals surface area contributed by atoms with Crippen LogP contribution in [0.4, 0.5) is 0 Å². The molecule has 0 radical (unpaired) electrons. The van der Waals surface area contributed by atoms with E-state index in [0.29, 0.717) is 30.5 Å². The molecular weight excluding hydrogens is 280 g/mol. The molecule has 5 atom stereocenters. The molecule has 2 rings (SSSR count). The molecule has 0 bridgehead atoms. The summed E-state index contributed by atoms with van der Waals surface area (Å²) in [6.07, 6.45) is 13.5. The number of rotatable bonds is 11. The van der Waals surface area contributed by atoms with Crippen LogP contribution in [0.25, 0.3) is 0 Å². The average Bonchev–Trinajstić information content (AvgIpc) is 3.18. The van der Waals surface area contributed by atoms with Gasteiger partial charge in [-0.05, 0) is 38.0 Å². The highest BCUT2D eigenvalue weighted by molar-refractivity contribution is 5.66. The van der Waals surface area contributed by atoms with Crippen LogP contribution in [0, 0.1) is 11.8 Å². The van der Waals surface area contributed by atoms with E-state index in [1.54, 1.807) is 0 Å². The highest BCUT2D eigenvalue weighted by atomic mass is 16.6. The van der Waals surface area contributed by atoms with Crippen molar-refractivity contribution in [2.45, 2.75) is 83.0 Å². The highest BCUT2D eigenvalue weighted by Crippen LogP contribution is 2.49.